The van der Waals surface area contributed by atoms with Crippen molar-refractivity contribution in [1.82, 2.24) is 0 Å². The van der Waals surface area contributed by atoms with Crippen molar-refractivity contribution in [2.75, 3.05) is 37.9 Å². The summed E-state index contributed by atoms with van der Waals surface area (Å²) >= 11 is 6.22. The van der Waals surface area contributed by atoms with Crippen molar-refractivity contribution in [3.05, 3.63) is 22.7 Å². The highest BCUT2D eigenvalue weighted by atomic mass is 35.5. The SMILES string of the molecule is COC(=O)c1cc(N)cc(Cl)c1NCC1(C)CCOCC1. The number of nitrogens with two attached hydrogens (primary N) is 1. The number of nitrogen functional groups attached to an aromatic ring is 1. The van der Waals surface area contributed by atoms with Crippen LogP contribution in [0.2, 0.25) is 5.02 Å². The first-order valence-electron chi connectivity index (χ1n) is 6.94. The summed E-state index contributed by atoms with van der Waals surface area (Å²) in [7, 11) is 1.34. The second kappa shape index (κ2) is 6.54. The Morgan fingerprint density at radius 3 is 2.76 bits per heavy atom. The van der Waals surface area contributed by atoms with Crippen LogP contribution in [0.25, 0.3) is 0 Å². The molecule has 116 valence electrons. The topological polar surface area (TPSA) is 73.6 Å². The number of esters is 1. The molecule has 1 aromatic rings. The maximum atomic E-state index is 11.9. The van der Waals surface area contributed by atoms with Gasteiger partial charge in [0.1, 0.15) is 0 Å². The maximum absolute atomic E-state index is 11.9. The first kappa shape index (κ1) is 15.9. The van der Waals surface area contributed by atoms with E-state index in [9.17, 15) is 4.79 Å². The van der Waals surface area contributed by atoms with E-state index in [1.54, 1.807) is 12.1 Å². The molecule has 3 N–H and O–H groups in total. The Kier molecular flexibility index (Phi) is 4.96. The third-order valence-electron chi connectivity index (χ3n) is 3.91. The van der Waals surface area contributed by atoms with Gasteiger partial charge in [-0.2, -0.15) is 0 Å². The Hall–Kier alpha value is -1.46. The lowest BCUT2D eigenvalue weighted by Gasteiger charge is -2.34. The molecule has 0 bridgehead atoms. The molecule has 0 saturated carbocycles. The third kappa shape index (κ3) is 3.80. The van der Waals surface area contributed by atoms with Gasteiger partial charge in [-0.15, -0.1) is 0 Å². The zero-order chi connectivity index (χ0) is 15.5. The quantitative estimate of drug-likeness (QED) is 0.660. The highest BCUT2D eigenvalue weighted by molar-refractivity contribution is 6.34. The number of hydrogen-bond donors (Lipinski definition) is 2. The van der Waals surface area contributed by atoms with Crippen LogP contribution in [-0.4, -0.2) is 32.8 Å². The molecule has 1 aliphatic heterocycles. The molecule has 1 aromatic carbocycles. The molecule has 6 heteroatoms. The average Bonchev–Trinajstić information content (AvgIpc) is 2.45. The Balaban J connectivity index is 2.20. The molecule has 0 radical (unpaired) electrons. The fourth-order valence-electron chi connectivity index (χ4n) is 2.42. The van der Waals surface area contributed by atoms with Gasteiger partial charge in [-0.05, 0) is 30.4 Å². The number of hydrogen-bond acceptors (Lipinski definition) is 5. The van der Waals surface area contributed by atoms with Crippen molar-refractivity contribution in [1.29, 1.82) is 0 Å². The lowest BCUT2D eigenvalue weighted by atomic mass is 9.82. The average molecular weight is 313 g/mol. The zero-order valence-corrected chi connectivity index (χ0v) is 13.1. The van der Waals surface area contributed by atoms with E-state index in [0.29, 0.717) is 28.5 Å². The fourth-order valence-corrected chi connectivity index (χ4v) is 2.72. The molecule has 1 fully saturated rings. The van der Waals surface area contributed by atoms with E-state index in [1.807, 2.05) is 0 Å². The first-order chi connectivity index (χ1) is 9.95. The van der Waals surface area contributed by atoms with E-state index < -0.39 is 5.97 Å². The highest BCUT2D eigenvalue weighted by Crippen LogP contribution is 2.34. The van der Waals surface area contributed by atoms with Crippen LogP contribution in [0.15, 0.2) is 12.1 Å². The standard InChI is InChI=1S/C15H21ClN2O3/c1-15(3-5-21-6-4-15)9-18-13-11(14(19)20-2)7-10(17)8-12(13)16/h7-8,18H,3-6,9,17H2,1-2H3. The van der Waals surface area contributed by atoms with Gasteiger partial charge in [-0.1, -0.05) is 18.5 Å². The summed E-state index contributed by atoms with van der Waals surface area (Å²) < 4.78 is 10.2. The van der Waals surface area contributed by atoms with Crippen LogP contribution in [0, 0.1) is 5.41 Å². The number of benzene rings is 1. The number of anilines is 2. The summed E-state index contributed by atoms with van der Waals surface area (Å²) in [6, 6.07) is 3.20. The largest absolute Gasteiger partial charge is 0.465 e. The van der Waals surface area contributed by atoms with Crippen LogP contribution in [0.1, 0.15) is 30.1 Å². The van der Waals surface area contributed by atoms with Crippen molar-refractivity contribution in [3.8, 4) is 0 Å². The molecule has 5 nitrogen and oxygen atoms in total. The van der Waals surface area contributed by atoms with Gasteiger partial charge < -0.3 is 20.5 Å². The Bertz CT molecular complexity index is 528. The predicted octanol–water partition coefficient (Wildman–Crippen LogP) is 2.94. The molecule has 0 spiro atoms. The van der Waals surface area contributed by atoms with E-state index in [1.165, 1.54) is 7.11 Å². The maximum Gasteiger partial charge on any atom is 0.340 e. The number of nitrogens with one attached hydrogen (secondary N) is 1. The van der Waals surface area contributed by atoms with Gasteiger partial charge in [0.25, 0.3) is 0 Å². The first-order valence-corrected chi connectivity index (χ1v) is 7.32. The number of halogens is 1. The minimum Gasteiger partial charge on any atom is -0.465 e. The Morgan fingerprint density at radius 2 is 2.14 bits per heavy atom. The van der Waals surface area contributed by atoms with Gasteiger partial charge in [0.15, 0.2) is 0 Å². The molecular weight excluding hydrogens is 292 g/mol. The van der Waals surface area contributed by atoms with E-state index in [-0.39, 0.29) is 5.41 Å². The molecule has 21 heavy (non-hydrogen) atoms. The number of rotatable bonds is 4. The van der Waals surface area contributed by atoms with Crippen LogP contribution in [0.5, 0.6) is 0 Å². The third-order valence-corrected chi connectivity index (χ3v) is 4.21. The summed E-state index contributed by atoms with van der Waals surface area (Å²) in [5, 5.41) is 3.71. The second-order valence-electron chi connectivity index (χ2n) is 5.69. The van der Waals surface area contributed by atoms with E-state index in [2.05, 4.69) is 12.2 Å². The Labute approximate surface area is 129 Å². The van der Waals surface area contributed by atoms with Crippen LogP contribution < -0.4 is 11.1 Å². The molecule has 0 atom stereocenters. The number of ether oxygens (including phenoxy) is 2. The number of carbonyl (C=O) groups is 1. The predicted molar refractivity (Wildman–Crippen MR) is 83.9 cm³/mol. The molecule has 0 unspecified atom stereocenters. The van der Waals surface area contributed by atoms with Gasteiger partial charge in [0.05, 0.1) is 23.4 Å². The van der Waals surface area contributed by atoms with Crippen LogP contribution in [-0.2, 0) is 9.47 Å². The van der Waals surface area contributed by atoms with Crippen molar-refractivity contribution >= 4 is 28.9 Å². The monoisotopic (exact) mass is 312 g/mol. The molecule has 1 aliphatic rings. The van der Waals surface area contributed by atoms with Crippen molar-refractivity contribution in [3.63, 3.8) is 0 Å². The molecule has 0 amide bonds. The van der Waals surface area contributed by atoms with E-state index >= 15 is 0 Å². The van der Waals surface area contributed by atoms with Crippen LogP contribution in [0.3, 0.4) is 0 Å². The lowest BCUT2D eigenvalue weighted by Crippen LogP contribution is -2.33. The zero-order valence-electron chi connectivity index (χ0n) is 12.4. The fraction of sp³-hybridized carbons (Fsp3) is 0.533. The van der Waals surface area contributed by atoms with Crippen molar-refractivity contribution in [2.24, 2.45) is 5.41 Å². The summed E-state index contributed by atoms with van der Waals surface area (Å²) in [6.45, 7) is 4.44. The summed E-state index contributed by atoms with van der Waals surface area (Å²) in [4.78, 5) is 11.9. The minimum atomic E-state index is -0.455. The van der Waals surface area contributed by atoms with Crippen molar-refractivity contribution in [2.45, 2.75) is 19.8 Å². The second-order valence-corrected chi connectivity index (χ2v) is 6.10. The highest BCUT2D eigenvalue weighted by Gasteiger charge is 2.28. The van der Waals surface area contributed by atoms with E-state index in [0.717, 1.165) is 26.1 Å². The summed E-state index contributed by atoms with van der Waals surface area (Å²) in [5.41, 5.74) is 7.24. The molecule has 0 aliphatic carbocycles. The molecule has 1 saturated heterocycles. The van der Waals surface area contributed by atoms with Crippen molar-refractivity contribution < 1.29 is 14.3 Å². The number of carbonyl (C=O) groups excluding carboxylic acids is 1. The van der Waals surface area contributed by atoms with Gasteiger partial charge >= 0.3 is 5.97 Å². The van der Waals surface area contributed by atoms with Gasteiger partial charge in [-0.25, -0.2) is 4.79 Å². The molecule has 1 heterocycles. The molecule has 2 rings (SSSR count). The lowest BCUT2D eigenvalue weighted by molar-refractivity contribution is 0.0299. The van der Waals surface area contributed by atoms with E-state index in [4.69, 9.17) is 26.8 Å². The van der Waals surface area contributed by atoms with Gasteiger partial charge in [0, 0.05) is 25.4 Å². The van der Waals surface area contributed by atoms with Crippen LogP contribution >= 0.6 is 11.6 Å². The molecular formula is C15H21ClN2O3. The normalized spacial score (nSPS) is 17.3. The van der Waals surface area contributed by atoms with Gasteiger partial charge in [-0.3, -0.25) is 0 Å². The van der Waals surface area contributed by atoms with Crippen LogP contribution in [0.4, 0.5) is 11.4 Å². The van der Waals surface area contributed by atoms with Gasteiger partial charge in [0.2, 0.25) is 0 Å². The Morgan fingerprint density at radius 1 is 1.48 bits per heavy atom. The molecule has 0 aromatic heterocycles. The summed E-state index contributed by atoms with van der Waals surface area (Å²) in [6.07, 6.45) is 1.94. The summed E-state index contributed by atoms with van der Waals surface area (Å²) in [5.74, 6) is -0.455. The number of methoxy groups -OCH3 is 1. The smallest absolute Gasteiger partial charge is 0.340 e. The minimum absolute atomic E-state index is 0.121.